The first-order chi connectivity index (χ1) is 10.7. The number of fused-ring (bicyclic) bond motifs is 1. The first-order valence-electron chi connectivity index (χ1n) is 8.56. The molecule has 0 atom stereocenters. The molecule has 1 fully saturated rings. The van der Waals surface area contributed by atoms with Gasteiger partial charge in [0.05, 0.1) is 32.2 Å². The topological polar surface area (TPSA) is 43.0 Å². The van der Waals surface area contributed by atoms with Crippen molar-refractivity contribution in [3.8, 4) is 0 Å². The van der Waals surface area contributed by atoms with Gasteiger partial charge in [0.15, 0.2) is 0 Å². The number of quaternary nitrogens is 1. The molecular formula is C18H29N4+. The number of rotatable bonds is 7. The molecule has 2 aromatic rings. The Balaban J connectivity index is 1.40. The van der Waals surface area contributed by atoms with Crippen LogP contribution >= 0.6 is 0 Å². The number of nitrogens with two attached hydrogens (primary N) is 1. The smallest absolute Gasteiger partial charge is 0.0796 e. The highest BCUT2D eigenvalue weighted by Gasteiger charge is 2.25. The number of nitrogens with one attached hydrogen (secondary N) is 1. The highest BCUT2D eigenvalue weighted by atomic mass is 15.3. The van der Waals surface area contributed by atoms with Crippen LogP contribution in [0.1, 0.15) is 19.3 Å². The lowest BCUT2D eigenvalue weighted by atomic mass is 10.2. The highest BCUT2D eigenvalue weighted by molar-refractivity contribution is 5.91. The normalized spacial score (nSPS) is 17.3. The maximum Gasteiger partial charge on any atom is 0.0796 e. The summed E-state index contributed by atoms with van der Waals surface area (Å²) in [4.78, 5) is 0. The van der Waals surface area contributed by atoms with Crippen LogP contribution in [0.15, 0.2) is 30.5 Å². The summed E-state index contributed by atoms with van der Waals surface area (Å²) in [6, 6.07) is 8.25. The van der Waals surface area contributed by atoms with E-state index in [9.17, 15) is 0 Å². The van der Waals surface area contributed by atoms with E-state index < -0.39 is 0 Å². The lowest BCUT2D eigenvalue weighted by molar-refractivity contribution is -0.897. The van der Waals surface area contributed by atoms with Crippen LogP contribution < -0.4 is 11.1 Å². The Hall–Kier alpha value is -1.52. The molecule has 0 unspecified atom stereocenters. The Morgan fingerprint density at radius 3 is 2.82 bits per heavy atom. The number of likely N-dealkylation sites (tertiary alicyclic amines) is 1. The molecule has 22 heavy (non-hydrogen) atoms. The number of nitrogen functional groups attached to an aromatic ring is 1. The summed E-state index contributed by atoms with van der Waals surface area (Å²) >= 11 is 0. The molecule has 3 rings (SSSR count). The zero-order valence-corrected chi connectivity index (χ0v) is 13.7. The van der Waals surface area contributed by atoms with Gasteiger partial charge in [0.25, 0.3) is 0 Å². The first-order valence-corrected chi connectivity index (χ1v) is 8.56. The van der Waals surface area contributed by atoms with Gasteiger partial charge >= 0.3 is 0 Å². The number of anilines is 1. The zero-order chi connectivity index (χ0) is 15.4. The van der Waals surface area contributed by atoms with E-state index in [4.69, 9.17) is 5.73 Å². The molecular weight excluding hydrogens is 272 g/mol. The van der Waals surface area contributed by atoms with Gasteiger partial charge in [-0.1, -0.05) is 6.07 Å². The molecule has 4 heteroatoms. The Morgan fingerprint density at radius 2 is 2.00 bits per heavy atom. The summed E-state index contributed by atoms with van der Waals surface area (Å²) in [7, 11) is 2.41. The van der Waals surface area contributed by atoms with Crippen molar-refractivity contribution < 1.29 is 4.48 Å². The summed E-state index contributed by atoms with van der Waals surface area (Å²) in [5.41, 5.74) is 8.11. The number of hydrogen-bond acceptors (Lipinski definition) is 2. The summed E-state index contributed by atoms with van der Waals surface area (Å²) in [6.07, 6.45) is 6.23. The molecule has 0 amide bonds. The fourth-order valence-electron chi connectivity index (χ4n) is 3.67. The molecule has 0 aliphatic carbocycles. The zero-order valence-electron chi connectivity index (χ0n) is 13.7. The average molecular weight is 301 g/mol. The summed E-state index contributed by atoms with van der Waals surface area (Å²) in [5.74, 6) is 0. The average Bonchev–Trinajstić information content (AvgIpc) is 3.11. The van der Waals surface area contributed by atoms with E-state index in [1.807, 2.05) is 12.1 Å². The predicted octanol–water partition coefficient (Wildman–Crippen LogP) is 2.44. The van der Waals surface area contributed by atoms with E-state index in [-0.39, 0.29) is 0 Å². The summed E-state index contributed by atoms with van der Waals surface area (Å²) in [6.45, 7) is 7.19. The second kappa shape index (κ2) is 6.71. The molecule has 0 saturated carbocycles. The Morgan fingerprint density at radius 1 is 1.18 bits per heavy atom. The van der Waals surface area contributed by atoms with Crippen molar-refractivity contribution in [2.24, 2.45) is 0 Å². The molecule has 2 heterocycles. The van der Waals surface area contributed by atoms with Gasteiger partial charge in [-0.15, -0.1) is 0 Å². The van der Waals surface area contributed by atoms with E-state index in [1.54, 1.807) is 0 Å². The van der Waals surface area contributed by atoms with Gasteiger partial charge in [0.2, 0.25) is 0 Å². The number of aromatic nitrogens is 1. The van der Waals surface area contributed by atoms with Crippen LogP contribution in [0.3, 0.4) is 0 Å². The molecule has 3 N–H and O–H groups in total. The lowest BCUT2D eigenvalue weighted by Gasteiger charge is -2.29. The maximum atomic E-state index is 6.01. The molecule has 1 aliphatic rings. The molecule has 0 spiro atoms. The van der Waals surface area contributed by atoms with Gasteiger partial charge in [-0.2, -0.15) is 0 Å². The van der Waals surface area contributed by atoms with Crippen LogP contribution in [-0.2, 0) is 6.54 Å². The van der Waals surface area contributed by atoms with Crippen LogP contribution in [-0.4, -0.2) is 48.8 Å². The van der Waals surface area contributed by atoms with Crippen LogP contribution in [0.25, 0.3) is 10.9 Å². The largest absolute Gasteiger partial charge is 0.398 e. The standard InChI is InChI=1S/C18H29N4/c1-22(13-2-3-14-22)15-5-9-20-10-12-21-11-8-16-17(19)6-4-7-18(16)21/h4,6-8,11,20H,2-3,5,9-10,12-15,19H2,1H3/q+1. The second-order valence-electron chi connectivity index (χ2n) is 6.89. The fourth-order valence-corrected chi connectivity index (χ4v) is 3.67. The van der Waals surface area contributed by atoms with Crippen molar-refractivity contribution in [1.29, 1.82) is 0 Å². The van der Waals surface area contributed by atoms with E-state index >= 15 is 0 Å². The minimum Gasteiger partial charge on any atom is -0.398 e. The van der Waals surface area contributed by atoms with E-state index in [0.29, 0.717) is 0 Å². The van der Waals surface area contributed by atoms with Gasteiger partial charge in [0.1, 0.15) is 0 Å². The van der Waals surface area contributed by atoms with E-state index in [0.717, 1.165) is 30.7 Å². The molecule has 4 nitrogen and oxygen atoms in total. The highest BCUT2D eigenvalue weighted by Crippen LogP contribution is 2.21. The van der Waals surface area contributed by atoms with Gasteiger partial charge in [0, 0.05) is 56.2 Å². The molecule has 120 valence electrons. The Bertz CT molecular complexity index is 611. The molecule has 1 aromatic heterocycles. The van der Waals surface area contributed by atoms with Crippen LogP contribution in [0.5, 0.6) is 0 Å². The monoisotopic (exact) mass is 301 g/mol. The molecule has 1 saturated heterocycles. The number of hydrogen-bond donors (Lipinski definition) is 2. The van der Waals surface area contributed by atoms with Gasteiger partial charge in [-0.25, -0.2) is 0 Å². The van der Waals surface area contributed by atoms with E-state index in [1.165, 1.54) is 48.9 Å². The third-order valence-electron chi connectivity index (χ3n) is 5.07. The van der Waals surface area contributed by atoms with Crippen molar-refractivity contribution >= 4 is 16.6 Å². The maximum absolute atomic E-state index is 6.01. The van der Waals surface area contributed by atoms with Crippen molar-refractivity contribution in [3.05, 3.63) is 30.5 Å². The fraction of sp³-hybridized carbons (Fsp3) is 0.556. The molecule has 1 aromatic carbocycles. The third-order valence-corrected chi connectivity index (χ3v) is 5.07. The van der Waals surface area contributed by atoms with Crippen molar-refractivity contribution in [2.75, 3.05) is 45.5 Å². The quantitative estimate of drug-likeness (QED) is 0.469. The first kappa shape index (κ1) is 15.4. The Labute approximate surface area is 133 Å². The minimum absolute atomic E-state index is 0.867. The lowest BCUT2D eigenvalue weighted by Crippen LogP contribution is -2.42. The summed E-state index contributed by atoms with van der Waals surface area (Å²) in [5, 5.41) is 4.74. The molecule has 0 radical (unpaired) electrons. The van der Waals surface area contributed by atoms with Crippen molar-refractivity contribution in [1.82, 2.24) is 9.88 Å². The number of nitrogens with zero attached hydrogens (tertiary/aromatic N) is 2. The van der Waals surface area contributed by atoms with Gasteiger partial charge in [-0.3, -0.25) is 0 Å². The van der Waals surface area contributed by atoms with Crippen LogP contribution in [0.4, 0.5) is 5.69 Å². The van der Waals surface area contributed by atoms with Gasteiger partial charge in [-0.05, 0) is 18.2 Å². The SMILES string of the molecule is C[N+]1(CCCNCCn2ccc3c(N)cccc32)CCCC1. The summed E-state index contributed by atoms with van der Waals surface area (Å²) < 4.78 is 3.57. The molecule has 0 bridgehead atoms. The van der Waals surface area contributed by atoms with Crippen molar-refractivity contribution in [2.45, 2.75) is 25.8 Å². The third kappa shape index (κ3) is 3.45. The van der Waals surface area contributed by atoms with Crippen LogP contribution in [0.2, 0.25) is 0 Å². The van der Waals surface area contributed by atoms with Crippen LogP contribution in [0, 0.1) is 0 Å². The second-order valence-corrected chi connectivity index (χ2v) is 6.89. The van der Waals surface area contributed by atoms with Gasteiger partial charge < -0.3 is 20.1 Å². The number of benzene rings is 1. The molecule has 1 aliphatic heterocycles. The predicted molar refractivity (Wildman–Crippen MR) is 93.9 cm³/mol. The Kier molecular flexibility index (Phi) is 4.69. The van der Waals surface area contributed by atoms with Crippen molar-refractivity contribution in [3.63, 3.8) is 0 Å². The van der Waals surface area contributed by atoms with E-state index in [2.05, 4.69) is 35.3 Å². The minimum atomic E-state index is 0.867.